The number of hydrogen-bond acceptors (Lipinski definition) is 1. The molecule has 0 aliphatic rings. The summed E-state index contributed by atoms with van der Waals surface area (Å²) >= 11 is 0. The van der Waals surface area contributed by atoms with Crippen LogP contribution in [0.4, 0.5) is 4.39 Å². The lowest BCUT2D eigenvalue weighted by molar-refractivity contribution is 0.606. The smallest absolute Gasteiger partial charge is 0.271 e. The van der Waals surface area contributed by atoms with Crippen LogP contribution in [-0.2, 0) is 7.05 Å². The van der Waals surface area contributed by atoms with Crippen molar-refractivity contribution in [2.75, 3.05) is 0 Å². The largest absolute Gasteiger partial charge is 0.285 e. The minimum atomic E-state index is -0.349. The van der Waals surface area contributed by atoms with Crippen LogP contribution < -0.4 is 5.56 Å². The first kappa shape index (κ1) is 9.71. The number of aryl methyl sites for hydroxylation is 1. The van der Waals surface area contributed by atoms with E-state index < -0.39 is 0 Å². The van der Waals surface area contributed by atoms with Crippen LogP contribution >= 0.6 is 0 Å². The SMILES string of the molecule is Cc1cc(=O)n(-c2cccc(F)c2)n1C. The van der Waals surface area contributed by atoms with E-state index in [1.807, 2.05) is 6.92 Å². The summed E-state index contributed by atoms with van der Waals surface area (Å²) in [4.78, 5) is 11.6. The van der Waals surface area contributed by atoms with E-state index in [4.69, 9.17) is 0 Å². The van der Waals surface area contributed by atoms with Gasteiger partial charge in [0.2, 0.25) is 0 Å². The van der Waals surface area contributed by atoms with Gasteiger partial charge in [-0.05, 0) is 25.1 Å². The van der Waals surface area contributed by atoms with Crippen LogP contribution in [0.3, 0.4) is 0 Å². The van der Waals surface area contributed by atoms with Crippen molar-refractivity contribution in [2.45, 2.75) is 6.92 Å². The van der Waals surface area contributed by atoms with Crippen molar-refractivity contribution in [3.8, 4) is 5.69 Å². The normalized spacial score (nSPS) is 10.6. The Morgan fingerprint density at radius 2 is 2.00 bits per heavy atom. The molecule has 4 heteroatoms. The van der Waals surface area contributed by atoms with Gasteiger partial charge in [-0.1, -0.05) is 6.07 Å². The summed E-state index contributed by atoms with van der Waals surface area (Å²) in [5.41, 5.74) is 1.22. The molecule has 0 N–H and O–H groups in total. The monoisotopic (exact) mass is 206 g/mol. The van der Waals surface area contributed by atoms with E-state index in [2.05, 4.69) is 0 Å². The Balaban J connectivity index is 2.69. The third-order valence-electron chi connectivity index (χ3n) is 2.40. The lowest BCUT2D eigenvalue weighted by Gasteiger charge is -2.08. The average Bonchev–Trinajstić information content (AvgIpc) is 2.41. The van der Waals surface area contributed by atoms with Crippen molar-refractivity contribution in [3.63, 3.8) is 0 Å². The molecule has 1 aromatic carbocycles. The molecule has 0 atom stereocenters. The van der Waals surface area contributed by atoms with Crippen LogP contribution in [0.1, 0.15) is 5.69 Å². The second-order valence-electron chi connectivity index (χ2n) is 3.44. The Morgan fingerprint density at radius 1 is 1.27 bits per heavy atom. The van der Waals surface area contributed by atoms with Crippen LogP contribution in [0.2, 0.25) is 0 Å². The lowest BCUT2D eigenvalue weighted by atomic mass is 10.3. The molecule has 1 aromatic heterocycles. The van der Waals surface area contributed by atoms with E-state index in [0.29, 0.717) is 5.69 Å². The van der Waals surface area contributed by atoms with Gasteiger partial charge in [-0.25, -0.2) is 9.07 Å². The minimum absolute atomic E-state index is 0.152. The highest BCUT2D eigenvalue weighted by Gasteiger charge is 2.06. The molecule has 0 aliphatic heterocycles. The number of rotatable bonds is 1. The van der Waals surface area contributed by atoms with Gasteiger partial charge in [0, 0.05) is 18.8 Å². The first-order valence-electron chi connectivity index (χ1n) is 4.61. The van der Waals surface area contributed by atoms with Crippen molar-refractivity contribution >= 4 is 0 Å². The molecule has 0 fully saturated rings. The van der Waals surface area contributed by atoms with E-state index in [1.165, 1.54) is 22.9 Å². The van der Waals surface area contributed by atoms with Crippen molar-refractivity contribution < 1.29 is 4.39 Å². The predicted octanol–water partition coefficient (Wildman–Crippen LogP) is 1.62. The second-order valence-corrected chi connectivity index (χ2v) is 3.44. The van der Waals surface area contributed by atoms with E-state index in [9.17, 15) is 9.18 Å². The van der Waals surface area contributed by atoms with Gasteiger partial charge in [0.25, 0.3) is 5.56 Å². The molecule has 0 spiro atoms. The van der Waals surface area contributed by atoms with Crippen LogP contribution in [0.15, 0.2) is 35.1 Å². The first-order chi connectivity index (χ1) is 7.09. The van der Waals surface area contributed by atoms with E-state index >= 15 is 0 Å². The van der Waals surface area contributed by atoms with Gasteiger partial charge in [-0.15, -0.1) is 0 Å². The second kappa shape index (κ2) is 3.38. The summed E-state index contributed by atoms with van der Waals surface area (Å²) < 4.78 is 16.1. The summed E-state index contributed by atoms with van der Waals surface area (Å²) in [5, 5.41) is 0. The Labute approximate surface area is 86.4 Å². The quantitative estimate of drug-likeness (QED) is 0.696. The maximum absolute atomic E-state index is 13.0. The summed E-state index contributed by atoms with van der Waals surface area (Å²) in [6.07, 6.45) is 0. The van der Waals surface area contributed by atoms with Crippen LogP contribution in [-0.4, -0.2) is 9.36 Å². The molecule has 15 heavy (non-hydrogen) atoms. The molecule has 0 saturated carbocycles. The molecule has 2 rings (SSSR count). The highest BCUT2D eigenvalue weighted by atomic mass is 19.1. The molecule has 0 saturated heterocycles. The highest BCUT2D eigenvalue weighted by Crippen LogP contribution is 2.08. The van der Waals surface area contributed by atoms with E-state index in [0.717, 1.165) is 5.69 Å². The molecular formula is C11H11FN2O. The van der Waals surface area contributed by atoms with Crippen LogP contribution in [0.25, 0.3) is 5.69 Å². The third kappa shape index (κ3) is 1.58. The van der Waals surface area contributed by atoms with Crippen LogP contribution in [0.5, 0.6) is 0 Å². The Morgan fingerprint density at radius 3 is 2.53 bits per heavy atom. The molecule has 2 aromatic rings. The number of benzene rings is 1. The zero-order valence-electron chi connectivity index (χ0n) is 8.57. The maximum Gasteiger partial charge on any atom is 0.271 e. The summed E-state index contributed by atoms with van der Waals surface area (Å²) in [6, 6.07) is 7.49. The first-order valence-corrected chi connectivity index (χ1v) is 4.61. The van der Waals surface area contributed by atoms with Gasteiger partial charge in [0.05, 0.1) is 5.69 Å². The predicted molar refractivity (Wildman–Crippen MR) is 55.7 cm³/mol. The van der Waals surface area contributed by atoms with Gasteiger partial charge in [0.1, 0.15) is 5.82 Å². The molecule has 0 aliphatic carbocycles. The zero-order valence-corrected chi connectivity index (χ0v) is 8.57. The average molecular weight is 206 g/mol. The summed E-state index contributed by atoms with van der Waals surface area (Å²) in [6.45, 7) is 1.83. The minimum Gasteiger partial charge on any atom is -0.285 e. The molecule has 0 unspecified atom stereocenters. The summed E-state index contributed by atoms with van der Waals surface area (Å²) in [5.74, 6) is -0.349. The maximum atomic E-state index is 13.0. The topological polar surface area (TPSA) is 26.9 Å². The van der Waals surface area contributed by atoms with Gasteiger partial charge in [-0.3, -0.25) is 9.48 Å². The molecule has 78 valence electrons. The van der Waals surface area contributed by atoms with Gasteiger partial charge < -0.3 is 0 Å². The number of hydrogen-bond donors (Lipinski definition) is 0. The van der Waals surface area contributed by atoms with Crippen molar-refractivity contribution in [3.05, 3.63) is 52.2 Å². The molecule has 0 bridgehead atoms. The van der Waals surface area contributed by atoms with Crippen LogP contribution in [0, 0.1) is 12.7 Å². The van der Waals surface area contributed by atoms with Gasteiger partial charge in [-0.2, -0.15) is 0 Å². The van der Waals surface area contributed by atoms with E-state index in [1.54, 1.807) is 23.9 Å². The molecule has 3 nitrogen and oxygen atoms in total. The number of aromatic nitrogens is 2. The number of halogens is 1. The summed E-state index contributed by atoms with van der Waals surface area (Å²) in [7, 11) is 1.77. The number of nitrogens with zero attached hydrogens (tertiary/aromatic N) is 2. The molecule has 0 radical (unpaired) electrons. The Kier molecular flexibility index (Phi) is 2.19. The van der Waals surface area contributed by atoms with E-state index in [-0.39, 0.29) is 11.4 Å². The van der Waals surface area contributed by atoms with Gasteiger partial charge >= 0.3 is 0 Å². The lowest BCUT2D eigenvalue weighted by Crippen LogP contribution is -2.19. The molecular weight excluding hydrogens is 195 g/mol. The van der Waals surface area contributed by atoms with Gasteiger partial charge in [0.15, 0.2) is 0 Å². The fourth-order valence-corrected chi connectivity index (χ4v) is 1.55. The Hall–Kier alpha value is -1.84. The van der Waals surface area contributed by atoms with Crippen molar-refractivity contribution in [1.82, 2.24) is 9.36 Å². The molecule has 0 amide bonds. The fourth-order valence-electron chi connectivity index (χ4n) is 1.55. The van der Waals surface area contributed by atoms with Crippen molar-refractivity contribution in [1.29, 1.82) is 0 Å². The standard InChI is InChI=1S/C11H11FN2O/c1-8-6-11(15)14(13(8)2)10-5-3-4-9(12)7-10/h3-7H,1-2H3. The Bertz CT molecular complexity index is 554. The van der Waals surface area contributed by atoms with Crippen molar-refractivity contribution in [2.24, 2.45) is 7.05 Å². The molecule has 1 heterocycles. The fraction of sp³-hybridized carbons (Fsp3) is 0.182. The highest BCUT2D eigenvalue weighted by molar-refractivity contribution is 5.31. The third-order valence-corrected chi connectivity index (χ3v) is 2.40. The zero-order chi connectivity index (χ0) is 11.0.